The van der Waals surface area contributed by atoms with Crippen molar-refractivity contribution >= 4 is 28.2 Å². The molecule has 0 aliphatic heterocycles. The summed E-state index contributed by atoms with van der Waals surface area (Å²) in [5, 5.41) is 11.2. The average Bonchev–Trinajstić information content (AvgIpc) is 3.33. The molecule has 0 spiro atoms. The Bertz CT molecular complexity index is 1450. The lowest BCUT2D eigenvalue weighted by Gasteiger charge is -2.07. The molecule has 0 amide bonds. The largest absolute Gasteiger partial charge is 0.314 e. The lowest BCUT2D eigenvalue weighted by molar-refractivity contribution is 1.07. The summed E-state index contributed by atoms with van der Waals surface area (Å²) in [7, 11) is 0. The molecular formula is C23H16ClN5. The van der Waals surface area contributed by atoms with Crippen LogP contribution in [0.15, 0.2) is 61.4 Å². The van der Waals surface area contributed by atoms with Gasteiger partial charge < -0.3 is 8.97 Å². The second-order valence-electron chi connectivity index (χ2n) is 7.11. The van der Waals surface area contributed by atoms with Gasteiger partial charge in [-0.3, -0.25) is 4.98 Å². The van der Waals surface area contributed by atoms with E-state index in [0.717, 1.165) is 44.5 Å². The van der Waals surface area contributed by atoms with Gasteiger partial charge in [0.05, 0.1) is 27.9 Å². The maximum Gasteiger partial charge on any atom is 0.136 e. The summed E-state index contributed by atoms with van der Waals surface area (Å²) in [5.41, 5.74) is 7.19. The first-order valence-electron chi connectivity index (χ1n) is 9.16. The first kappa shape index (κ1) is 17.5. The minimum atomic E-state index is 0.651. The molecule has 0 fully saturated rings. The number of hydrogen-bond acceptors (Lipinski definition) is 3. The molecule has 0 radical (unpaired) electrons. The molecule has 0 unspecified atom stereocenters. The van der Waals surface area contributed by atoms with Gasteiger partial charge >= 0.3 is 0 Å². The van der Waals surface area contributed by atoms with Gasteiger partial charge in [-0.1, -0.05) is 11.6 Å². The van der Waals surface area contributed by atoms with E-state index in [9.17, 15) is 5.26 Å². The Balaban J connectivity index is 1.86. The molecule has 0 bridgehead atoms. The zero-order valence-electron chi connectivity index (χ0n) is 15.9. The first-order chi connectivity index (χ1) is 14.1. The number of nitrogens with zero attached hydrogens (tertiary/aromatic N) is 5. The van der Waals surface area contributed by atoms with Crippen LogP contribution in [0.25, 0.3) is 33.4 Å². The lowest BCUT2D eigenvalue weighted by Crippen LogP contribution is -1.95. The van der Waals surface area contributed by atoms with Crippen LogP contribution in [-0.2, 0) is 0 Å². The molecule has 4 heterocycles. The van der Waals surface area contributed by atoms with E-state index < -0.39 is 0 Å². The zero-order chi connectivity index (χ0) is 20.1. The maximum absolute atomic E-state index is 9.55. The van der Waals surface area contributed by atoms with Gasteiger partial charge in [0.15, 0.2) is 0 Å². The van der Waals surface area contributed by atoms with Gasteiger partial charge in [-0.05, 0) is 49.2 Å². The number of fused-ring (bicyclic) bond motifs is 2. The van der Waals surface area contributed by atoms with Crippen LogP contribution in [0.3, 0.4) is 0 Å². The molecule has 5 rings (SSSR count). The Kier molecular flexibility index (Phi) is 3.90. The summed E-state index contributed by atoms with van der Waals surface area (Å²) in [4.78, 5) is 8.65. The van der Waals surface area contributed by atoms with Crippen LogP contribution >= 0.6 is 11.6 Å². The summed E-state index contributed by atoms with van der Waals surface area (Å²) < 4.78 is 4.11. The van der Waals surface area contributed by atoms with Crippen molar-refractivity contribution in [1.82, 2.24) is 18.9 Å². The molecule has 140 valence electrons. The maximum atomic E-state index is 9.55. The predicted octanol–water partition coefficient (Wildman–Crippen LogP) is 5.48. The third kappa shape index (κ3) is 2.69. The number of imidazole rings is 1. The van der Waals surface area contributed by atoms with E-state index in [-0.39, 0.29) is 0 Å². The van der Waals surface area contributed by atoms with Crippen molar-refractivity contribution in [2.45, 2.75) is 13.8 Å². The highest BCUT2D eigenvalue weighted by atomic mass is 35.5. The van der Waals surface area contributed by atoms with Gasteiger partial charge in [-0.25, -0.2) is 4.98 Å². The molecule has 0 aliphatic rings. The Morgan fingerprint density at radius 2 is 1.90 bits per heavy atom. The molecule has 1 aromatic carbocycles. The Labute approximate surface area is 172 Å². The van der Waals surface area contributed by atoms with Crippen molar-refractivity contribution in [2.24, 2.45) is 0 Å². The summed E-state index contributed by atoms with van der Waals surface area (Å²) in [6.45, 7) is 3.89. The van der Waals surface area contributed by atoms with Gasteiger partial charge in [0.2, 0.25) is 0 Å². The fourth-order valence-corrected chi connectivity index (χ4v) is 3.91. The van der Waals surface area contributed by atoms with Crippen LogP contribution in [0.1, 0.15) is 16.7 Å². The third-order valence-electron chi connectivity index (χ3n) is 5.27. The molecule has 0 saturated carbocycles. The van der Waals surface area contributed by atoms with Crippen molar-refractivity contribution in [2.75, 3.05) is 0 Å². The van der Waals surface area contributed by atoms with Crippen molar-refractivity contribution in [3.8, 4) is 22.9 Å². The fourth-order valence-electron chi connectivity index (χ4n) is 3.71. The molecule has 5 nitrogen and oxygen atoms in total. The summed E-state index contributed by atoms with van der Waals surface area (Å²) in [5.74, 6) is 0. The average molecular weight is 398 g/mol. The molecule has 6 heteroatoms. The number of rotatable bonds is 2. The lowest BCUT2D eigenvalue weighted by atomic mass is 10.0. The van der Waals surface area contributed by atoms with Crippen LogP contribution in [-0.4, -0.2) is 18.9 Å². The minimum Gasteiger partial charge on any atom is -0.314 e. The van der Waals surface area contributed by atoms with Crippen LogP contribution in [0.4, 0.5) is 0 Å². The van der Waals surface area contributed by atoms with Crippen LogP contribution in [0.2, 0.25) is 5.02 Å². The molecule has 0 aliphatic carbocycles. The number of nitriles is 1. The number of benzene rings is 1. The van der Waals surface area contributed by atoms with E-state index in [2.05, 4.69) is 26.8 Å². The highest BCUT2D eigenvalue weighted by molar-refractivity contribution is 6.34. The van der Waals surface area contributed by atoms with Crippen LogP contribution in [0.5, 0.6) is 0 Å². The number of aromatic nitrogens is 4. The standard InChI is InChI=1S/C23H16ClN5/c1-14-7-21-18(8-16(14)9-25)20(19-11-26-10-15(2)23(19)24)13-29(21)17-3-4-22-27-5-6-28(22)12-17/h3-8,10-13H,1-2H3. The first-order valence-corrected chi connectivity index (χ1v) is 9.54. The smallest absolute Gasteiger partial charge is 0.136 e. The van der Waals surface area contributed by atoms with Crippen molar-refractivity contribution in [1.29, 1.82) is 5.26 Å². The molecular weight excluding hydrogens is 382 g/mol. The molecule has 0 N–H and O–H groups in total. The summed E-state index contributed by atoms with van der Waals surface area (Å²) >= 11 is 6.63. The molecule has 0 saturated heterocycles. The summed E-state index contributed by atoms with van der Waals surface area (Å²) in [6, 6.07) is 10.3. The normalized spacial score (nSPS) is 11.2. The number of pyridine rings is 2. The zero-order valence-corrected chi connectivity index (χ0v) is 16.6. The SMILES string of the molecule is Cc1cc2c(cc1C#N)c(-c1cncc(C)c1Cl)cn2-c1ccc2nccn2c1. The monoisotopic (exact) mass is 397 g/mol. The van der Waals surface area contributed by atoms with E-state index in [0.29, 0.717) is 10.6 Å². The van der Waals surface area contributed by atoms with E-state index in [1.165, 1.54) is 0 Å². The van der Waals surface area contributed by atoms with E-state index in [4.69, 9.17) is 11.6 Å². The highest BCUT2D eigenvalue weighted by Gasteiger charge is 2.17. The van der Waals surface area contributed by atoms with Gasteiger partial charge in [0.25, 0.3) is 0 Å². The quantitative estimate of drug-likeness (QED) is 0.396. The van der Waals surface area contributed by atoms with Crippen LogP contribution in [0, 0.1) is 25.2 Å². The molecule has 5 aromatic rings. The second kappa shape index (κ2) is 6.47. The Morgan fingerprint density at radius 1 is 1.03 bits per heavy atom. The number of halogens is 1. The van der Waals surface area contributed by atoms with Crippen molar-refractivity contribution in [3.05, 3.63) is 83.2 Å². The molecule has 4 aromatic heterocycles. The van der Waals surface area contributed by atoms with Gasteiger partial charge in [0.1, 0.15) is 5.65 Å². The van der Waals surface area contributed by atoms with E-state index >= 15 is 0 Å². The summed E-state index contributed by atoms with van der Waals surface area (Å²) in [6.07, 6.45) is 11.3. The molecule has 29 heavy (non-hydrogen) atoms. The second-order valence-corrected chi connectivity index (χ2v) is 7.48. The van der Waals surface area contributed by atoms with Crippen LogP contribution < -0.4 is 0 Å². The topological polar surface area (TPSA) is 58.9 Å². The third-order valence-corrected chi connectivity index (χ3v) is 5.77. The van der Waals surface area contributed by atoms with Gasteiger partial charge in [-0.2, -0.15) is 5.26 Å². The Morgan fingerprint density at radius 3 is 2.72 bits per heavy atom. The van der Waals surface area contributed by atoms with E-state index in [1.54, 1.807) is 18.6 Å². The van der Waals surface area contributed by atoms with Gasteiger partial charge in [0, 0.05) is 53.7 Å². The van der Waals surface area contributed by atoms with Crippen molar-refractivity contribution < 1.29 is 0 Å². The van der Waals surface area contributed by atoms with E-state index in [1.807, 2.05) is 54.9 Å². The van der Waals surface area contributed by atoms with Crippen molar-refractivity contribution in [3.63, 3.8) is 0 Å². The fraction of sp³-hybridized carbons (Fsp3) is 0.0870. The minimum absolute atomic E-state index is 0.651. The highest BCUT2D eigenvalue weighted by Crippen LogP contribution is 2.38. The number of hydrogen-bond donors (Lipinski definition) is 0. The predicted molar refractivity (Wildman–Crippen MR) is 114 cm³/mol. The number of aryl methyl sites for hydroxylation is 2. The molecule has 0 atom stereocenters. The Hall–Kier alpha value is -3.62. The van der Waals surface area contributed by atoms with Gasteiger partial charge in [-0.15, -0.1) is 0 Å².